The lowest BCUT2D eigenvalue weighted by molar-refractivity contribution is -0.0293. The molecule has 2 rings (SSSR count). The van der Waals surface area contributed by atoms with E-state index in [1.807, 2.05) is 20.0 Å². The number of ether oxygens (including phenoxy) is 1. The van der Waals surface area contributed by atoms with Crippen LogP contribution in [0, 0.1) is 6.92 Å². The van der Waals surface area contributed by atoms with Gasteiger partial charge in [0.05, 0.1) is 12.7 Å². The molecule has 0 radical (unpaired) electrons. The molecule has 1 fully saturated rings. The van der Waals surface area contributed by atoms with E-state index in [2.05, 4.69) is 16.3 Å². The second kappa shape index (κ2) is 6.18. The Morgan fingerprint density at radius 2 is 2.33 bits per heavy atom. The molecular formula is C14H22N2O2. The third-order valence-electron chi connectivity index (χ3n) is 3.28. The molecule has 1 saturated heterocycles. The van der Waals surface area contributed by atoms with Crippen LogP contribution in [0.2, 0.25) is 0 Å². The summed E-state index contributed by atoms with van der Waals surface area (Å²) in [6.45, 7) is 6.31. The molecule has 18 heavy (non-hydrogen) atoms. The lowest BCUT2D eigenvalue weighted by Crippen LogP contribution is -2.45. The predicted octanol–water partition coefficient (Wildman–Crippen LogP) is 1.12. The van der Waals surface area contributed by atoms with Crippen molar-refractivity contribution in [3.8, 4) is 5.75 Å². The van der Waals surface area contributed by atoms with Crippen molar-refractivity contribution in [1.82, 2.24) is 10.2 Å². The van der Waals surface area contributed by atoms with Crippen LogP contribution in [0.25, 0.3) is 0 Å². The zero-order chi connectivity index (χ0) is 13.0. The van der Waals surface area contributed by atoms with Crippen LogP contribution in [0.1, 0.15) is 11.1 Å². The van der Waals surface area contributed by atoms with Gasteiger partial charge in [-0.25, -0.2) is 0 Å². The maximum atomic E-state index is 9.86. The minimum Gasteiger partial charge on any atom is -0.508 e. The smallest absolute Gasteiger partial charge is 0.120 e. The number of hydrogen-bond acceptors (Lipinski definition) is 4. The largest absolute Gasteiger partial charge is 0.508 e. The fraction of sp³-hybridized carbons (Fsp3) is 0.571. The van der Waals surface area contributed by atoms with E-state index in [-0.39, 0.29) is 6.10 Å². The van der Waals surface area contributed by atoms with Crippen molar-refractivity contribution in [2.45, 2.75) is 19.6 Å². The molecule has 1 unspecified atom stereocenters. The van der Waals surface area contributed by atoms with Gasteiger partial charge in [-0.3, -0.25) is 4.90 Å². The highest BCUT2D eigenvalue weighted by Gasteiger charge is 2.20. The Hall–Kier alpha value is -1.10. The number of phenols is 1. The average molecular weight is 250 g/mol. The van der Waals surface area contributed by atoms with Crippen LogP contribution in [0.3, 0.4) is 0 Å². The van der Waals surface area contributed by atoms with E-state index in [1.54, 1.807) is 6.07 Å². The number of hydrogen-bond donors (Lipinski definition) is 2. The Morgan fingerprint density at radius 1 is 1.50 bits per heavy atom. The van der Waals surface area contributed by atoms with Crippen molar-refractivity contribution in [2.75, 3.05) is 33.3 Å². The Kier molecular flexibility index (Phi) is 4.58. The molecule has 1 atom stereocenters. The van der Waals surface area contributed by atoms with Crippen LogP contribution in [0.5, 0.6) is 5.75 Å². The van der Waals surface area contributed by atoms with Crippen LogP contribution < -0.4 is 5.32 Å². The number of morpholine rings is 1. The molecule has 0 saturated carbocycles. The normalized spacial score (nSPS) is 21.1. The van der Waals surface area contributed by atoms with Gasteiger partial charge < -0.3 is 15.2 Å². The summed E-state index contributed by atoms with van der Waals surface area (Å²) in [5.41, 5.74) is 2.18. The molecule has 4 nitrogen and oxygen atoms in total. The number of nitrogens with zero attached hydrogens (tertiary/aromatic N) is 1. The van der Waals surface area contributed by atoms with Gasteiger partial charge in [0.1, 0.15) is 5.75 Å². The summed E-state index contributed by atoms with van der Waals surface area (Å²) in [5, 5.41) is 13.0. The monoisotopic (exact) mass is 250 g/mol. The molecule has 0 spiro atoms. The van der Waals surface area contributed by atoms with Gasteiger partial charge in [-0.05, 0) is 20.0 Å². The number of likely N-dealkylation sites (N-methyl/N-ethyl adjacent to an activating group) is 1. The number of aryl methyl sites for hydroxylation is 1. The van der Waals surface area contributed by atoms with Crippen LogP contribution in [0.4, 0.5) is 0 Å². The van der Waals surface area contributed by atoms with Crippen molar-refractivity contribution >= 4 is 0 Å². The van der Waals surface area contributed by atoms with Crippen LogP contribution in [-0.2, 0) is 11.3 Å². The molecule has 0 amide bonds. The Labute approximate surface area is 109 Å². The first-order valence-electron chi connectivity index (χ1n) is 6.46. The first-order valence-corrected chi connectivity index (χ1v) is 6.46. The number of nitrogens with one attached hydrogen (secondary N) is 1. The summed E-state index contributed by atoms with van der Waals surface area (Å²) >= 11 is 0. The van der Waals surface area contributed by atoms with E-state index in [0.717, 1.165) is 38.3 Å². The zero-order valence-corrected chi connectivity index (χ0v) is 11.1. The minimum atomic E-state index is 0.246. The standard InChI is InChI=1S/C14H22N2O2/c1-11-3-4-14(17)12(7-11)9-16-5-6-18-13(10-16)8-15-2/h3-4,7,13,15,17H,5-6,8-10H2,1-2H3. The second-order valence-corrected chi connectivity index (χ2v) is 4.92. The molecule has 100 valence electrons. The number of rotatable bonds is 4. The third kappa shape index (κ3) is 3.45. The third-order valence-corrected chi connectivity index (χ3v) is 3.28. The Balaban J connectivity index is 1.98. The van der Waals surface area contributed by atoms with Crippen molar-refractivity contribution in [3.63, 3.8) is 0 Å². The van der Waals surface area contributed by atoms with Crippen molar-refractivity contribution in [1.29, 1.82) is 0 Å². The molecule has 4 heteroatoms. The highest BCUT2D eigenvalue weighted by atomic mass is 16.5. The molecule has 0 aliphatic carbocycles. The van der Waals surface area contributed by atoms with E-state index < -0.39 is 0 Å². The highest BCUT2D eigenvalue weighted by Crippen LogP contribution is 2.21. The SMILES string of the molecule is CNCC1CN(Cc2cc(C)ccc2O)CCO1. The number of aromatic hydroxyl groups is 1. The summed E-state index contributed by atoms with van der Waals surface area (Å²) in [6.07, 6.45) is 0.246. The van der Waals surface area contributed by atoms with Crippen LogP contribution in [0.15, 0.2) is 18.2 Å². The lowest BCUT2D eigenvalue weighted by Gasteiger charge is -2.33. The zero-order valence-electron chi connectivity index (χ0n) is 11.1. The molecule has 1 aliphatic heterocycles. The van der Waals surface area contributed by atoms with Crippen LogP contribution in [-0.4, -0.2) is 49.4 Å². The summed E-state index contributed by atoms with van der Waals surface area (Å²) in [4.78, 5) is 2.33. The fourth-order valence-corrected chi connectivity index (χ4v) is 2.36. The molecule has 1 aromatic carbocycles. The van der Waals surface area contributed by atoms with Gasteiger partial charge in [0.25, 0.3) is 0 Å². The topological polar surface area (TPSA) is 44.7 Å². The van der Waals surface area contributed by atoms with Gasteiger partial charge in [0.15, 0.2) is 0 Å². The number of phenolic OH excluding ortho intramolecular Hbond substituents is 1. The first kappa shape index (κ1) is 13.3. The van der Waals surface area contributed by atoms with Gasteiger partial charge in [-0.15, -0.1) is 0 Å². The quantitative estimate of drug-likeness (QED) is 0.840. The molecule has 0 bridgehead atoms. The van der Waals surface area contributed by atoms with Crippen molar-refractivity contribution in [3.05, 3.63) is 29.3 Å². The Bertz CT molecular complexity index is 393. The van der Waals surface area contributed by atoms with E-state index in [4.69, 9.17) is 4.74 Å². The Morgan fingerprint density at radius 3 is 3.11 bits per heavy atom. The minimum absolute atomic E-state index is 0.246. The number of benzene rings is 1. The predicted molar refractivity (Wildman–Crippen MR) is 71.8 cm³/mol. The summed E-state index contributed by atoms with van der Waals surface area (Å²) in [6, 6.07) is 5.76. The van der Waals surface area contributed by atoms with Gasteiger partial charge >= 0.3 is 0 Å². The fourth-order valence-electron chi connectivity index (χ4n) is 2.36. The van der Waals surface area contributed by atoms with E-state index >= 15 is 0 Å². The van der Waals surface area contributed by atoms with Crippen molar-refractivity contribution < 1.29 is 9.84 Å². The van der Waals surface area contributed by atoms with E-state index in [0.29, 0.717) is 5.75 Å². The van der Waals surface area contributed by atoms with Gasteiger partial charge in [0.2, 0.25) is 0 Å². The lowest BCUT2D eigenvalue weighted by atomic mass is 10.1. The maximum absolute atomic E-state index is 9.86. The molecule has 0 aromatic heterocycles. The molecule has 1 aromatic rings. The van der Waals surface area contributed by atoms with Crippen LogP contribution >= 0.6 is 0 Å². The van der Waals surface area contributed by atoms with E-state index in [1.165, 1.54) is 5.56 Å². The molecule has 2 N–H and O–H groups in total. The summed E-state index contributed by atoms with van der Waals surface area (Å²) in [5.74, 6) is 0.386. The summed E-state index contributed by atoms with van der Waals surface area (Å²) < 4.78 is 5.67. The van der Waals surface area contributed by atoms with E-state index in [9.17, 15) is 5.11 Å². The molecule has 1 aliphatic rings. The average Bonchev–Trinajstić information content (AvgIpc) is 2.35. The second-order valence-electron chi connectivity index (χ2n) is 4.92. The first-order chi connectivity index (χ1) is 8.69. The molecule has 1 heterocycles. The van der Waals surface area contributed by atoms with Gasteiger partial charge in [0, 0.05) is 31.7 Å². The molecular weight excluding hydrogens is 228 g/mol. The maximum Gasteiger partial charge on any atom is 0.120 e. The highest BCUT2D eigenvalue weighted by molar-refractivity contribution is 5.35. The van der Waals surface area contributed by atoms with Gasteiger partial charge in [-0.1, -0.05) is 17.7 Å². The van der Waals surface area contributed by atoms with Gasteiger partial charge in [-0.2, -0.15) is 0 Å². The van der Waals surface area contributed by atoms with Crippen molar-refractivity contribution in [2.24, 2.45) is 0 Å². The summed E-state index contributed by atoms with van der Waals surface area (Å²) in [7, 11) is 1.94.